The summed E-state index contributed by atoms with van der Waals surface area (Å²) in [5, 5.41) is 2.96. The second-order valence-electron chi connectivity index (χ2n) is 6.70. The number of carbonyl (C=O) groups excluding carboxylic acids is 1. The van der Waals surface area contributed by atoms with E-state index in [9.17, 15) is 9.18 Å². The molecule has 1 aliphatic rings. The summed E-state index contributed by atoms with van der Waals surface area (Å²) < 4.78 is 18.6. The summed E-state index contributed by atoms with van der Waals surface area (Å²) in [6, 6.07) is 5.95. The van der Waals surface area contributed by atoms with Gasteiger partial charge < -0.3 is 15.8 Å². The van der Waals surface area contributed by atoms with Crippen LogP contribution in [0.4, 0.5) is 4.39 Å². The number of carbonyl (C=O) groups is 1. The van der Waals surface area contributed by atoms with Crippen LogP contribution in [0.1, 0.15) is 31.9 Å². The van der Waals surface area contributed by atoms with Gasteiger partial charge in [0, 0.05) is 19.6 Å². The number of hydrogen-bond donors (Lipinski definition) is 2. The first kappa shape index (κ1) is 25.1. The fraction of sp³-hybridized carbons (Fsp3) is 0.611. The Bertz CT molecular complexity index is 526. The molecule has 0 spiro atoms. The maximum Gasteiger partial charge on any atom is 0.236 e. The lowest BCUT2D eigenvalue weighted by molar-refractivity contribution is -0.123. The SMILES string of the molecule is CC(C)C[C@H](N)C(=O)NCC(c1ccc(F)cc1)N1CCOCC1.Cl.Cl. The summed E-state index contributed by atoms with van der Waals surface area (Å²) in [5.41, 5.74) is 6.93. The van der Waals surface area contributed by atoms with Crippen molar-refractivity contribution >= 4 is 30.7 Å². The van der Waals surface area contributed by atoms with Gasteiger partial charge in [0.05, 0.1) is 25.3 Å². The van der Waals surface area contributed by atoms with E-state index < -0.39 is 6.04 Å². The minimum Gasteiger partial charge on any atom is -0.379 e. The highest BCUT2D eigenvalue weighted by Crippen LogP contribution is 2.21. The van der Waals surface area contributed by atoms with Crippen LogP contribution in [0.15, 0.2) is 24.3 Å². The molecule has 0 aromatic heterocycles. The molecule has 1 amide bonds. The molecule has 3 N–H and O–H groups in total. The van der Waals surface area contributed by atoms with Crippen molar-refractivity contribution in [1.82, 2.24) is 10.2 Å². The summed E-state index contributed by atoms with van der Waals surface area (Å²) >= 11 is 0. The van der Waals surface area contributed by atoms with Crippen LogP contribution >= 0.6 is 24.8 Å². The largest absolute Gasteiger partial charge is 0.379 e. The Balaban J connectivity index is 0.00000312. The van der Waals surface area contributed by atoms with Crippen molar-refractivity contribution in [2.75, 3.05) is 32.8 Å². The molecule has 1 aliphatic heterocycles. The number of amides is 1. The highest BCUT2D eigenvalue weighted by molar-refractivity contribution is 5.85. The van der Waals surface area contributed by atoms with Gasteiger partial charge in [-0.2, -0.15) is 0 Å². The molecule has 0 aliphatic carbocycles. The second-order valence-corrected chi connectivity index (χ2v) is 6.70. The number of benzene rings is 1. The van der Waals surface area contributed by atoms with E-state index >= 15 is 0 Å². The number of rotatable bonds is 7. The van der Waals surface area contributed by atoms with E-state index in [2.05, 4.69) is 10.2 Å². The zero-order chi connectivity index (χ0) is 17.5. The monoisotopic (exact) mass is 409 g/mol. The molecule has 1 saturated heterocycles. The van der Waals surface area contributed by atoms with Crippen LogP contribution in [-0.4, -0.2) is 49.7 Å². The average Bonchev–Trinajstić information content (AvgIpc) is 2.56. The lowest BCUT2D eigenvalue weighted by Gasteiger charge is -2.35. The van der Waals surface area contributed by atoms with E-state index in [1.807, 2.05) is 13.8 Å². The molecule has 0 saturated carbocycles. The van der Waals surface area contributed by atoms with Crippen molar-refractivity contribution in [2.24, 2.45) is 11.7 Å². The van der Waals surface area contributed by atoms with Crippen LogP contribution in [0.2, 0.25) is 0 Å². The van der Waals surface area contributed by atoms with Gasteiger partial charge in [0.1, 0.15) is 5.82 Å². The van der Waals surface area contributed by atoms with Gasteiger partial charge >= 0.3 is 0 Å². The van der Waals surface area contributed by atoms with Gasteiger partial charge in [0.2, 0.25) is 5.91 Å². The summed E-state index contributed by atoms with van der Waals surface area (Å²) in [6.45, 7) is 7.45. The second kappa shape index (κ2) is 12.5. The molecule has 0 radical (unpaired) electrons. The molecule has 2 atom stereocenters. The smallest absolute Gasteiger partial charge is 0.236 e. The number of ether oxygens (including phenoxy) is 1. The van der Waals surface area contributed by atoms with Gasteiger partial charge in [-0.05, 0) is 30.0 Å². The van der Waals surface area contributed by atoms with Crippen molar-refractivity contribution in [3.8, 4) is 0 Å². The van der Waals surface area contributed by atoms with Crippen molar-refractivity contribution in [3.63, 3.8) is 0 Å². The lowest BCUT2D eigenvalue weighted by Crippen LogP contribution is -2.47. The molecular weight excluding hydrogens is 380 g/mol. The Morgan fingerprint density at radius 1 is 1.23 bits per heavy atom. The van der Waals surface area contributed by atoms with Gasteiger partial charge in [0.25, 0.3) is 0 Å². The molecule has 1 heterocycles. The number of halogens is 3. The molecular formula is C18H30Cl2FN3O2. The normalized spacial score (nSPS) is 17.0. The van der Waals surface area contributed by atoms with Crippen molar-refractivity contribution in [3.05, 3.63) is 35.6 Å². The van der Waals surface area contributed by atoms with Crippen LogP contribution in [0.25, 0.3) is 0 Å². The number of nitrogens with one attached hydrogen (secondary N) is 1. The molecule has 1 aromatic rings. The Morgan fingerprint density at radius 2 is 1.81 bits per heavy atom. The summed E-state index contributed by atoms with van der Waals surface area (Å²) in [5.74, 6) is -0.0237. The maximum atomic E-state index is 13.2. The standard InChI is InChI=1S/C18H28FN3O2.2ClH/c1-13(2)11-16(20)18(23)21-12-17(22-7-9-24-10-8-22)14-3-5-15(19)6-4-14;;/h3-6,13,16-17H,7-12,20H2,1-2H3,(H,21,23);2*1H/t16-,17?;;/m0../s1. The van der Waals surface area contributed by atoms with Crippen LogP contribution in [0.3, 0.4) is 0 Å². The minimum absolute atomic E-state index is 0. The van der Waals surface area contributed by atoms with Crippen LogP contribution in [0, 0.1) is 11.7 Å². The van der Waals surface area contributed by atoms with E-state index in [4.69, 9.17) is 10.5 Å². The fourth-order valence-electron chi connectivity index (χ4n) is 2.98. The van der Waals surface area contributed by atoms with Crippen LogP contribution < -0.4 is 11.1 Å². The predicted molar refractivity (Wildman–Crippen MR) is 106 cm³/mol. The van der Waals surface area contributed by atoms with E-state index in [1.165, 1.54) is 12.1 Å². The number of morpholine rings is 1. The van der Waals surface area contributed by atoms with Gasteiger partial charge in [-0.3, -0.25) is 9.69 Å². The summed E-state index contributed by atoms with van der Waals surface area (Å²) in [6.07, 6.45) is 0.657. The third-order valence-corrected chi connectivity index (χ3v) is 4.27. The number of nitrogens with zero attached hydrogens (tertiary/aromatic N) is 1. The summed E-state index contributed by atoms with van der Waals surface area (Å²) in [7, 11) is 0. The van der Waals surface area contributed by atoms with E-state index in [0.29, 0.717) is 32.1 Å². The minimum atomic E-state index is -0.497. The van der Waals surface area contributed by atoms with E-state index in [1.54, 1.807) is 12.1 Å². The molecule has 5 nitrogen and oxygen atoms in total. The molecule has 150 valence electrons. The highest BCUT2D eigenvalue weighted by atomic mass is 35.5. The van der Waals surface area contributed by atoms with Crippen LogP contribution in [-0.2, 0) is 9.53 Å². The fourth-order valence-corrected chi connectivity index (χ4v) is 2.98. The maximum absolute atomic E-state index is 13.2. The van der Waals surface area contributed by atoms with Gasteiger partial charge in [-0.1, -0.05) is 26.0 Å². The molecule has 1 unspecified atom stereocenters. The Hall–Kier alpha value is -0.920. The third-order valence-electron chi connectivity index (χ3n) is 4.27. The van der Waals surface area contributed by atoms with Crippen molar-refractivity contribution in [1.29, 1.82) is 0 Å². The molecule has 2 rings (SSSR count). The molecule has 1 aromatic carbocycles. The predicted octanol–water partition coefficient (Wildman–Crippen LogP) is 2.53. The molecule has 1 fully saturated rings. The van der Waals surface area contributed by atoms with Gasteiger partial charge in [0.15, 0.2) is 0 Å². The zero-order valence-electron chi connectivity index (χ0n) is 15.3. The average molecular weight is 410 g/mol. The van der Waals surface area contributed by atoms with Crippen molar-refractivity contribution in [2.45, 2.75) is 32.4 Å². The highest BCUT2D eigenvalue weighted by Gasteiger charge is 2.24. The third kappa shape index (κ3) is 7.76. The number of nitrogens with two attached hydrogens (primary N) is 1. The quantitative estimate of drug-likeness (QED) is 0.725. The molecule has 0 bridgehead atoms. The Labute approximate surface area is 167 Å². The Morgan fingerprint density at radius 3 is 2.35 bits per heavy atom. The van der Waals surface area contributed by atoms with Gasteiger partial charge in [-0.15, -0.1) is 24.8 Å². The lowest BCUT2D eigenvalue weighted by atomic mass is 10.0. The number of hydrogen-bond acceptors (Lipinski definition) is 4. The summed E-state index contributed by atoms with van der Waals surface area (Å²) in [4.78, 5) is 14.5. The van der Waals surface area contributed by atoms with E-state index in [-0.39, 0.29) is 42.6 Å². The first-order valence-electron chi connectivity index (χ1n) is 8.58. The molecule has 8 heteroatoms. The van der Waals surface area contributed by atoms with Crippen molar-refractivity contribution < 1.29 is 13.9 Å². The van der Waals surface area contributed by atoms with Crippen LogP contribution in [0.5, 0.6) is 0 Å². The Kier molecular flexibility index (Phi) is 12.0. The van der Waals surface area contributed by atoms with Gasteiger partial charge in [-0.25, -0.2) is 4.39 Å². The molecule has 26 heavy (non-hydrogen) atoms. The topological polar surface area (TPSA) is 67.6 Å². The van der Waals surface area contributed by atoms with E-state index in [0.717, 1.165) is 18.7 Å². The first-order valence-corrected chi connectivity index (χ1v) is 8.58. The first-order chi connectivity index (χ1) is 11.5. The zero-order valence-corrected chi connectivity index (χ0v) is 17.0.